The largest absolute Gasteiger partial charge is 0.382 e. The lowest BCUT2D eigenvalue weighted by molar-refractivity contribution is 0.0934. The Morgan fingerprint density at radius 2 is 1.81 bits per heavy atom. The number of aryl methyl sites for hydroxylation is 1. The van der Waals surface area contributed by atoms with Crippen LogP contribution in [0.3, 0.4) is 0 Å². The van der Waals surface area contributed by atoms with Gasteiger partial charge in [0.2, 0.25) is 0 Å². The third-order valence-electron chi connectivity index (χ3n) is 6.91. The first-order valence-electron chi connectivity index (χ1n) is 13.0. The van der Waals surface area contributed by atoms with Gasteiger partial charge in [-0.3, -0.25) is 14.2 Å². The zero-order valence-electron chi connectivity index (χ0n) is 23.1. The quantitative estimate of drug-likeness (QED) is 0.267. The van der Waals surface area contributed by atoms with E-state index in [1.165, 1.54) is 17.0 Å². The molecule has 0 saturated carbocycles. The van der Waals surface area contributed by atoms with Gasteiger partial charge in [0, 0.05) is 23.2 Å². The van der Waals surface area contributed by atoms with E-state index in [2.05, 4.69) is 15.3 Å². The second kappa shape index (κ2) is 11.4. The number of carbonyl (C=O) groups is 1. The third kappa shape index (κ3) is 5.90. The van der Waals surface area contributed by atoms with Crippen LogP contribution >= 0.6 is 11.6 Å². The van der Waals surface area contributed by atoms with Crippen molar-refractivity contribution in [1.82, 2.24) is 19.9 Å². The van der Waals surface area contributed by atoms with Crippen LogP contribution in [0.1, 0.15) is 40.3 Å². The van der Waals surface area contributed by atoms with Gasteiger partial charge in [-0.2, -0.15) is 0 Å². The fraction of sp³-hybridized carbons (Fsp3) is 0.161. The molecule has 5 rings (SSSR count). The number of anilines is 1. The van der Waals surface area contributed by atoms with Gasteiger partial charge in [0.05, 0.1) is 34.1 Å². The number of nitrogens with zero attached hydrogens (tertiary/aromatic N) is 3. The molecule has 214 valence electrons. The Kier molecular flexibility index (Phi) is 7.85. The first-order chi connectivity index (χ1) is 19.9. The lowest BCUT2D eigenvalue weighted by atomic mass is 10.0. The van der Waals surface area contributed by atoms with E-state index in [4.69, 9.17) is 17.3 Å². The molecule has 0 aliphatic heterocycles. The number of nitrogen functional groups attached to an aromatic ring is 1. The molecule has 42 heavy (non-hydrogen) atoms. The molecule has 0 aliphatic carbocycles. The van der Waals surface area contributed by atoms with Gasteiger partial charge in [0.25, 0.3) is 11.5 Å². The van der Waals surface area contributed by atoms with Crippen LogP contribution in [0.15, 0.2) is 83.8 Å². The van der Waals surface area contributed by atoms with Gasteiger partial charge in [-0.15, -0.1) is 0 Å². The molecule has 11 heteroatoms. The highest BCUT2D eigenvalue weighted by atomic mass is 35.5. The number of nitrogens with two attached hydrogens (primary N) is 1. The molecule has 0 bridgehead atoms. The number of amides is 1. The van der Waals surface area contributed by atoms with Gasteiger partial charge >= 0.3 is 0 Å². The molecule has 3 aromatic carbocycles. The summed E-state index contributed by atoms with van der Waals surface area (Å²) in [7, 11) is -3.26. The Bertz CT molecular complexity index is 2010. The summed E-state index contributed by atoms with van der Waals surface area (Å²) in [5.41, 5.74) is 9.21. The SMILES string of the molecule is Cc1ccc(-c2cnc(N)c(C(=O)N[C@@H](C)c3cc4cccc(Cl)c4c(=O)n3-c3ccccc3)n2)cc1CS(C)(=O)=O. The summed E-state index contributed by atoms with van der Waals surface area (Å²) in [5, 5.41) is 4.26. The molecular formula is C31H28ClN5O4S. The number of benzene rings is 3. The molecule has 3 N–H and O–H groups in total. The number of sulfone groups is 1. The van der Waals surface area contributed by atoms with Crippen molar-refractivity contribution < 1.29 is 13.2 Å². The lowest BCUT2D eigenvalue weighted by Crippen LogP contribution is -2.33. The molecule has 0 fully saturated rings. The summed E-state index contributed by atoms with van der Waals surface area (Å²) in [6, 6.07) is 20.8. The van der Waals surface area contributed by atoms with Crippen molar-refractivity contribution in [2.24, 2.45) is 0 Å². The smallest absolute Gasteiger partial charge is 0.274 e. The number of pyridine rings is 1. The van der Waals surface area contributed by atoms with E-state index in [0.29, 0.717) is 44.0 Å². The van der Waals surface area contributed by atoms with Crippen molar-refractivity contribution in [3.8, 4) is 16.9 Å². The van der Waals surface area contributed by atoms with Gasteiger partial charge in [-0.05, 0) is 60.7 Å². The van der Waals surface area contributed by atoms with E-state index in [-0.39, 0.29) is 22.8 Å². The fourth-order valence-electron chi connectivity index (χ4n) is 4.81. The standard InChI is InChI=1S/C31H28ClN5O4S/c1-18-12-13-20(14-22(18)17-42(3,40)41)25-16-34-29(33)28(36-25)30(38)35-19(2)26-15-21-8-7-11-24(32)27(21)31(39)37(26)23-9-5-4-6-10-23/h4-16,19H,17H2,1-3H3,(H2,33,34)(H,35,38)/t19-/m0/s1. The van der Waals surface area contributed by atoms with E-state index in [1.807, 2.05) is 31.2 Å². The van der Waals surface area contributed by atoms with Crippen molar-refractivity contribution in [3.05, 3.63) is 117 Å². The average Bonchev–Trinajstić information content (AvgIpc) is 2.94. The normalized spacial score (nSPS) is 12.3. The lowest BCUT2D eigenvalue weighted by Gasteiger charge is -2.21. The Morgan fingerprint density at radius 3 is 2.52 bits per heavy atom. The summed E-state index contributed by atoms with van der Waals surface area (Å²) in [4.78, 5) is 35.9. The van der Waals surface area contributed by atoms with E-state index >= 15 is 0 Å². The number of hydrogen-bond acceptors (Lipinski definition) is 7. The number of halogens is 1. The molecule has 0 spiro atoms. The van der Waals surface area contributed by atoms with Crippen LogP contribution in [0.25, 0.3) is 27.7 Å². The van der Waals surface area contributed by atoms with Gasteiger partial charge < -0.3 is 11.1 Å². The number of aromatic nitrogens is 3. The number of carbonyl (C=O) groups excluding carboxylic acids is 1. The molecule has 1 atom stereocenters. The van der Waals surface area contributed by atoms with E-state index in [9.17, 15) is 18.0 Å². The Balaban J connectivity index is 1.53. The van der Waals surface area contributed by atoms with Crippen molar-refractivity contribution in [1.29, 1.82) is 0 Å². The number of rotatable bonds is 7. The van der Waals surface area contributed by atoms with Crippen molar-refractivity contribution in [2.45, 2.75) is 25.6 Å². The van der Waals surface area contributed by atoms with E-state index < -0.39 is 21.8 Å². The molecule has 0 saturated heterocycles. The number of hydrogen-bond donors (Lipinski definition) is 2. The average molecular weight is 602 g/mol. The first-order valence-corrected chi connectivity index (χ1v) is 15.5. The number of nitrogens with one attached hydrogen (secondary N) is 1. The molecule has 0 aliphatic rings. The Hall–Kier alpha value is -4.54. The maximum Gasteiger partial charge on any atom is 0.274 e. The van der Waals surface area contributed by atoms with E-state index in [0.717, 1.165) is 5.56 Å². The van der Waals surface area contributed by atoms with Crippen molar-refractivity contribution in [3.63, 3.8) is 0 Å². The zero-order valence-corrected chi connectivity index (χ0v) is 24.7. The Labute approximate surface area is 247 Å². The van der Waals surface area contributed by atoms with Crippen LogP contribution < -0.4 is 16.6 Å². The zero-order chi connectivity index (χ0) is 30.2. The topological polar surface area (TPSA) is 137 Å². The number of para-hydroxylation sites is 1. The summed E-state index contributed by atoms with van der Waals surface area (Å²) in [5.74, 6) is -0.784. The summed E-state index contributed by atoms with van der Waals surface area (Å²) < 4.78 is 25.3. The molecule has 5 aromatic rings. The first kappa shape index (κ1) is 29.0. The van der Waals surface area contributed by atoms with Crippen LogP contribution in [-0.4, -0.2) is 35.1 Å². The summed E-state index contributed by atoms with van der Waals surface area (Å²) >= 11 is 6.41. The van der Waals surface area contributed by atoms with Crippen molar-refractivity contribution >= 4 is 43.9 Å². The van der Waals surface area contributed by atoms with Crippen LogP contribution in [0, 0.1) is 6.92 Å². The summed E-state index contributed by atoms with van der Waals surface area (Å²) in [6.07, 6.45) is 2.61. The third-order valence-corrected chi connectivity index (χ3v) is 8.06. The highest BCUT2D eigenvalue weighted by molar-refractivity contribution is 7.89. The maximum absolute atomic E-state index is 13.7. The minimum absolute atomic E-state index is 0.0716. The predicted octanol–water partition coefficient (Wildman–Crippen LogP) is 5.03. The van der Waals surface area contributed by atoms with Gasteiger partial charge in [0.15, 0.2) is 21.3 Å². The molecule has 2 heterocycles. The molecule has 9 nitrogen and oxygen atoms in total. The molecule has 0 unspecified atom stereocenters. The summed E-state index contributed by atoms with van der Waals surface area (Å²) in [6.45, 7) is 3.59. The molecule has 1 amide bonds. The monoisotopic (exact) mass is 601 g/mol. The van der Waals surface area contributed by atoms with E-state index in [1.54, 1.807) is 55.5 Å². The second-order valence-corrected chi connectivity index (χ2v) is 12.7. The molecule has 0 radical (unpaired) electrons. The molecule has 2 aromatic heterocycles. The van der Waals surface area contributed by atoms with Crippen LogP contribution in [0.5, 0.6) is 0 Å². The van der Waals surface area contributed by atoms with Crippen LogP contribution in [0.2, 0.25) is 5.02 Å². The van der Waals surface area contributed by atoms with Gasteiger partial charge in [-0.1, -0.05) is 54.1 Å². The molecular weight excluding hydrogens is 574 g/mol. The maximum atomic E-state index is 13.7. The van der Waals surface area contributed by atoms with Crippen molar-refractivity contribution in [2.75, 3.05) is 12.0 Å². The van der Waals surface area contributed by atoms with Crippen LogP contribution in [0.4, 0.5) is 5.82 Å². The second-order valence-electron chi connectivity index (χ2n) is 10.1. The minimum atomic E-state index is -3.26. The van der Waals surface area contributed by atoms with Gasteiger partial charge in [-0.25, -0.2) is 18.4 Å². The minimum Gasteiger partial charge on any atom is -0.382 e. The van der Waals surface area contributed by atoms with Crippen LogP contribution in [-0.2, 0) is 15.6 Å². The highest BCUT2D eigenvalue weighted by Gasteiger charge is 2.22. The highest BCUT2D eigenvalue weighted by Crippen LogP contribution is 2.27. The fourth-order valence-corrected chi connectivity index (χ4v) is 5.95. The van der Waals surface area contributed by atoms with Gasteiger partial charge in [0.1, 0.15) is 0 Å². The predicted molar refractivity (Wildman–Crippen MR) is 166 cm³/mol. The number of fused-ring (bicyclic) bond motifs is 1. The Morgan fingerprint density at radius 1 is 1.07 bits per heavy atom.